The zero-order valence-electron chi connectivity index (χ0n) is 10.4. The first-order valence-electron chi connectivity index (χ1n) is 5.28. The summed E-state index contributed by atoms with van der Waals surface area (Å²) in [6, 6.07) is 6.14. The van der Waals surface area contributed by atoms with Gasteiger partial charge in [0.1, 0.15) is 5.54 Å². The van der Waals surface area contributed by atoms with E-state index in [1.54, 1.807) is 38.1 Å². The molecule has 0 radical (unpaired) electrons. The van der Waals surface area contributed by atoms with Crippen molar-refractivity contribution in [3.63, 3.8) is 0 Å². The predicted octanol–water partition coefficient (Wildman–Crippen LogP) is 2.41. The predicted molar refractivity (Wildman–Crippen MR) is 69.7 cm³/mol. The van der Waals surface area contributed by atoms with Crippen LogP contribution in [0.4, 0.5) is 10.5 Å². The van der Waals surface area contributed by atoms with Gasteiger partial charge in [-0.15, -0.1) is 0 Å². The fourth-order valence-corrected chi connectivity index (χ4v) is 1.41. The van der Waals surface area contributed by atoms with Gasteiger partial charge in [-0.25, -0.2) is 9.59 Å². The molecule has 0 spiro atoms. The van der Waals surface area contributed by atoms with Crippen LogP contribution in [-0.4, -0.2) is 24.6 Å². The topological polar surface area (TPSA) is 67.4 Å². The molecule has 1 rings (SSSR count). The van der Waals surface area contributed by atoms with Crippen LogP contribution in [-0.2, 0) is 9.53 Å². The van der Waals surface area contributed by atoms with Gasteiger partial charge in [-0.2, -0.15) is 0 Å². The van der Waals surface area contributed by atoms with Gasteiger partial charge in [0.05, 0.1) is 7.11 Å². The Kier molecular flexibility index (Phi) is 4.55. The molecule has 0 aliphatic rings. The standard InChI is InChI=1S/C12H15ClN2O3/c1-12(2,10(16)18-3)15-11(17)14-9-6-4-8(13)5-7-9/h4-7H,1-3H3,(H2,14,15,17). The van der Waals surface area contributed by atoms with Gasteiger partial charge in [0.25, 0.3) is 0 Å². The van der Waals surface area contributed by atoms with E-state index in [2.05, 4.69) is 15.4 Å². The Hall–Kier alpha value is -1.75. The summed E-state index contributed by atoms with van der Waals surface area (Å²) in [5.74, 6) is -0.520. The summed E-state index contributed by atoms with van der Waals surface area (Å²) in [6.45, 7) is 3.11. The molecule has 5 nitrogen and oxygen atoms in total. The monoisotopic (exact) mass is 270 g/mol. The summed E-state index contributed by atoms with van der Waals surface area (Å²) < 4.78 is 4.58. The average molecular weight is 271 g/mol. The molecule has 0 aliphatic carbocycles. The van der Waals surface area contributed by atoms with Gasteiger partial charge in [0, 0.05) is 10.7 Å². The third-order valence-corrected chi connectivity index (χ3v) is 2.48. The van der Waals surface area contributed by atoms with Crippen LogP contribution in [0.15, 0.2) is 24.3 Å². The highest BCUT2D eigenvalue weighted by atomic mass is 35.5. The number of amides is 2. The number of halogens is 1. The molecule has 18 heavy (non-hydrogen) atoms. The van der Waals surface area contributed by atoms with Crippen LogP contribution < -0.4 is 10.6 Å². The number of esters is 1. The van der Waals surface area contributed by atoms with Crippen molar-refractivity contribution in [1.29, 1.82) is 0 Å². The number of hydrogen-bond donors (Lipinski definition) is 2. The number of nitrogens with one attached hydrogen (secondary N) is 2. The summed E-state index contributed by atoms with van der Waals surface area (Å²) in [4.78, 5) is 23.1. The minimum absolute atomic E-state index is 0.493. The van der Waals surface area contributed by atoms with Crippen molar-refractivity contribution in [3.05, 3.63) is 29.3 Å². The van der Waals surface area contributed by atoms with Crippen molar-refractivity contribution < 1.29 is 14.3 Å². The Morgan fingerprint density at radius 1 is 1.22 bits per heavy atom. The van der Waals surface area contributed by atoms with Gasteiger partial charge < -0.3 is 15.4 Å². The maximum atomic E-state index is 11.7. The Labute approximate surface area is 110 Å². The average Bonchev–Trinajstić information content (AvgIpc) is 2.30. The van der Waals surface area contributed by atoms with Gasteiger partial charge >= 0.3 is 12.0 Å². The van der Waals surface area contributed by atoms with Crippen molar-refractivity contribution in [1.82, 2.24) is 5.32 Å². The normalized spacial score (nSPS) is 10.7. The molecule has 0 saturated carbocycles. The second-order valence-electron chi connectivity index (χ2n) is 4.20. The minimum atomic E-state index is -1.09. The number of ether oxygens (including phenoxy) is 1. The SMILES string of the molecule is COC(=O)C(C)(C)NC(=O)Nc1ccc(Cl)cc1. The van der Waals surface area contributed by atoms with Crippen molar-refractivity contribution >= 4 is 29.3 Å². The maximum Gasteiger partial charge on any atom is 0.331 e. The third-order valence-electron chi connectivity index (χ3n) is 2.22. The second kappa shape index (κ2) is 5.73. The highest BCUT2D eigenvalue weighted by molar-refractivity contribution is 6.30. The molecular weight excluding hydrogens is 256 g/mol. The summed E-state index contributed by atoms with van der Waals surface area (Å²) in [5.41, 5.74) is -0.511. The van der Waals surface area contributed by atoms with Crippen LogP contribution in [0, 0.1) is 0 Å². The lowest BCUT2D eigenvalue weighted by atomic mass is 10.1. The molecular formula is C12H15ClN2O3. The molecule has 1 aromatic carbocycles. The van der Waals surface area contributed by atoms with E-state index in [1.165, 1.54) is 7.11 Å². The number of rotatable bonds is 3. The molecule has 0 aromatic heterocycles. The number of benzene rings is 1. The van der Waals surface area contributed by atoms with Crippen LogP contribution in [0.3, 0.4) is 0 Å². The highest BCUT2D eigenvalue weighted by Gasteiger charge is 2.30. The quantitative estimate of drug-likeness (QED) is 0.829. The zero-order valence-corrected chi connectivity index (χ0v) is 11.2. The van der Waals surface area contributed by atoms with Crippen LogP contribution in [0.25, 0.3) is 0 Å². The summed E-state index contributed by atoms with van der Waals surface area (Å²) in [5, 5.41) is 5.68. The molecule has 0 fully saturated rings. The third kappa shape index (κ3) is 3.92. The Morgan fingerprint density at radius 3 is 2.28 bits per heavy atom. The first kappa shape index (κ1) is 14.3. The zero-order chi connectivity index (χ0) is 13.8. The minimum Gasteiger partial charge on any atom is -0.467 e. The van der Waals surface area contributed by atoms with Gasteiger partial charge in [-0.1, -0.05) is 11.6 Å². The maximum absolute atomic E-state index is 11.7. The molecule has 1 aromatic rings. The first-order chi connectivity index (χ1) is 8.35. The van der Waals surface area contributed by atoms with Crippen LogP contribution in [0.1, 0.15) is 13.8 Å². The molecule has 2 amide bonds. The number of anilines is 1. The van der Waals surface area contributed by atoms with E-state index in [0.717, 1.165) is 0 Å². The Bertz CT molecular complexity index is 443. The van der Waals surface area contributed by atoms with E-state index < -0.39 is 17.5 Å². The molecule has 0 aliphatic heterocycles. The van der Waals surface area contributed by atoms with Crippen LogP contribution in [0.5, 0.6) is 0 Å². The summed E-state index contributed by atoms with van der Waals surface area (Å²) in [7, 11) is 1.27. The van der Waals surface area contributed by atoms with E-state index in [-0.39, 0.29) is 0 Å². The van der Waals surface area contributed by atoms with Crippen LogP contribution in [0.2, 0.25) is 5.02 Å². The Balaban J connectivity index is 2.62. The van der Waals surface area contributed by atoms with Gasteiger partial charge in [0.15, 0.2) is 0 Å². The molecule has 2 N–H and O–H groups in total. The molecule has 6 heteroatoms. The lowest BCUT2D eigenvalue weighted by Gasteiger charge is -2.23. The van der Waals surface area contributed by atoms with E-state index in [4.69, 9.17) is 11.6 Å². The van der Waals surface area contributed by atoms with Crippen molar-refractivity contribution in [3.8, 4) is 0 Å². The van der Waals surface area contributed by atoms with Gasteiger partial charge in [0.2, 0.25) is 0 Å². The van der Waals surface area contributed by atoms with Gasteiger partial charge in [-0.3, -0.25) is 0 Å². The van der Waals surface area contributed by atoms with E-state index in [9.17, 15) is 9.59 Å². The van der Waals surface area contributed by atoms with Crippen molar-refractivity contribution in [2.75, 3.05) is 12.4 Å². The Morgan fingerprint density at radius 2 is 1.78 bits per heavy atom. The lowest BCUT2D eigenvalue weighted by molar-refractivity contribution is -0.146. The van der Waals surface area contributed by atoms with E-state index in [0.29, 0.717) is 10.7 Å². The summed E-state index contributed by atoms with van der Waals surface area (Å²) >= 11 is 5.73. The molecule has 98 valence electrons. The molecule has 0 unspecified atom stereocenters. The molecule has 0 heterocycles. The number of methoxy groups -OCH3 is 1. The van der Waals surface area contributed by atoms with E-state index >= 15 is 0 Å². The molecule has 0 bridgehead atoms. The fourth-order valence-electron chi connectivity index (χ4n) is 1.29. The number of hydrogen-bond acceptors (Lipinski definition) is 3. The second-order valence-corrected chi connectivity index (χ2v) is 4.64. The molecule has 0 atom stereocenters. The summed E-state index contributed by atoms with van der Waals surface area (Å²) in [6.07, 6.45) is 0. The lowest BCUT2D eigenvalue weighted by Crippen LogP contribution is -2.51. The smallest absolute Gasteiger partial charge is 0.331 e. The largest absolute Gasteiger partial charge is 0.467 e. The van der Waals surface area contributed by atoms with Crippen LogP contribution >= 0.6 is 11.6 Å². The van der Waals surface area contributed by atoms with Crippen molar-refractivity contribution in [2.24, 2.45) is 0 Å². The van der Waals surface area contributed by atoms with Gasteiger partial charge in [-0.05, 0) is 38.1 Å². The highest BCUT2D eigenvalue weighted by Crippen LogP contribution is 2.13. The number of carbonyl (C=O) groups excluding carboxylic acids is 2. The number of urea groups is 1. The van der Waals surface area contributed by atoms with Crippen molar-refractivity contribution in [2.45, 2.75) is 19.4 Å². The first-order valence-corrected chi connectivity index (χ1v) is 5.66. The molecule has 0 saturated heterocycles. The van der Waals surface area contributed by atoms with E-state index in [1.807, 2.05) is 0 Å². The number of carbonyl (C=O) groups is 2. The fraction of sp³-hybridized carbons (Fsp3) is 0.333.